The summed E-state index contributed by atoms with van der Waals surface area (Å²) in [6, 6.07) is 17.3. The molecule has 2 rings (SSSR count). The second-order valence-corrected chi connectivity index (χ2v) is 6.42. The molecule has 0 aliphatic heterocycles. The van der Waals surface area contributed by atoms with Gasteiger partial charge in [0.25, 0.3) is 0 Å². The third-order valence-corrected chi connectivity index (χ3v) is 4.39. The van der Waals surface area contributed by atoms with E-state index in [0.29, 0.717) is 0 Å². The van der Waals surface area contributed by atoms with Crippen LogP contribution in [0.4, 0.5) is 0 Å². The van der Waals surface area contributed by atoms with Crippen molar-refractivity contribution in [1.29, 1.82) is 0 Å². The molecule has 0 heterocycles. The molecular formula is C18H21BrN2O. The van der Waals surface area contributed by atoms with Gasteiger partial charge in [-0.1, -0.05) is 65.3 Å². The van der Waals surface area contributed by atoms with Gasteiger partial charge in [0.15, 0.2) is 0 Å². The van der Waals surface area contributed by atoms with Crippen LogP contribution in [0, 0.1) is 5.92 Å². The Hall–Kier alpha value is -1.65. The van der Waals surface area contributed by atoms with Gasteiger partial charge in [-0.3, -0.25) is 4.79 Å². The van der Waals surface area contributed by atoms with Crippen molar-refractivity contribution in [2.75, 3.05) is 0 Å². The molecule has 0 aliphatic carbocycles. The number of nitrogens with one attached hydrogen (secondary N) is 1. The summed E-state index contributed by atoms with van der Waals surface area (Å²) >= 11 is 3.41. The van der Waals surface area contributed by atoms with Crippen molar-refractivity contribution in [2.24, 2.45) is 11.7 Å². The second-order valence-electron chi connectivity index (χ2n) is 5.51. The molecule has 0 radical (unpaired) electrons. The minimum atomic E-state index is -0.307. The van der Waals surface area contributed by atoms with Crippen LogP contribution in [-0.4, -0.2) is 5.91 Å². The Labute approximate surface area is 140 Å². The van der Waals surface area contributed by atoms with Crippen LogP contribution < -0.4 is 11.1 Å². The van der Waals surface area contributed by atoms with Gasteiger partial charge in [0, 0.05) is 10.5 Å². The van der Waals surface area contributed by atoms with Gasteiger partial charge in [0.2, 0.25) is 5.91 Å². The number of benzene rings is 2. The number of rotatable bonds is 5. The van der Waals surface area contributed by atoms with Crippen molar-refractivity contribution < 1.29 is 4.79 Å². The van der Waals surface area contributed by atoms with Crippen LogP contribution in [-0.2, 0) is 4.79 Å². The SMILES string of the molecule is CC(NC(=O)C(C)C(N)c1ccccc1)c1ccc(Br)cc1. The normalized spacial score (nSPS) is 14.9. The van der Waals surface area contributed by atoms with Gasteiger partial charge in [0.1, 0.15) is 0 Å². The molecule has 2 aromatic carbocycles. The second kappa shape index (κ2) is 7.56. The molecule has 0 saturated heterocycles. The third-order valence-electron chi connectivity index (χ3n) is 3.87. The van der Waals surface area contributed by atoms with Crippen molar-refractivity contribution in [1.82, 2.24) is 5.32 Å². The number of halogens is 1. The maximum Gasteiger partial charge on any atom is 0.225 e. The van der Waals surface area contributed by atoms with E-state index in [1.165, 1.54) is 0 Å². The van der Waals surface area contributed by atoms with Crippen LogP contribution in [0.25, 0.3) is 0 Å². The molecule has 4 heteroatoms. The molecule has 3 nitrogen and oxygen atoms in total. The zero-order chi connectivity index (χ0) is 16.1. The Morgan fingerprint density at radius 3 is 2.18 bits per heavy atom. The lowest BCUT2D eigenvalue weighted by molar-refractivity contribution is -0.125. The molecule has 116 valence electrons. The molecule has 0 saturated carbocycles. The van der Waals surface area contributed by atoms with E-state index in [1.807, 2.05) is 68.4 Å². The van der Waals surface area contributed by atoms with Crippen molar-refractivity contribution >= 4 is 21.8 Å². The molecule has 3 atom stereocenters. The first-order valence-electron chi connectivity index (χ1n) is 7.35. The first-order valence-corrected chi connectivity index (χ1v) is 8.14. The predicted octanol–water partition coefficient (Wildman–Crippen LogP) is 3.96. The van der Waals surface area contributed by atoms with E-state index in [-0.39, 0.29) is 23.9 Å². The number of hydrogen-bond acceptors (Lipinski definition) is 2. The van der Waals surface area contributed by atoms with Crippen molar-refractivity contribution in [3.8, 4) is 0 Å². The summed E-state index contributed by atoms with van der Waals surface area (Å²) < 4.78 is 1.02. The summed E-state index contributed by atoms with van der Waals surface area (Å²) in [6.07, 6.45) is 0. The van der Waals surface area contributed by atoms with Crippen LogP contribution in [0.3, 0.4) is 0 Å². The molecule has 2 aromatic rings. The van der Waals surface area contributed by atoms with Crippen LogP contribution in [0.5, 0.6) is 0 Å². The highest BCUT2D eigenvalue weighted by Crippen LogP contribution is 2.21. The Kier molecular flexibility index (Phi) is 5.75. The van der Waals surface area contributed by atoms with E-state index in [1.54, 1.807) is 0 Å². The molecule has 3 unspecified atom stereocenters. The third kappa shape index (κ3) is 4.18. The van der Waals surface area contributed by atoms with E-state index in [0.717, 1.165) is 15.6 Å². The van der Waals surface area contributed by atoms with Crippen molar-refractivity contribution in [3.63, 3.8) is 0 Å². The lowest BCUT2D eigenvalue weighted by atomic mass is 9.94. The summed E-state index contributed by atoms with van der Waals surface area (Å²) in [4.78, 5) is 12.4. The maximum absolute atomic E-state index is 12.4. The minimum absolute atomic E-state index is 0.0354. The molecule has 3 N–H and O–H groups in total. The quantitative estimate of drug-likeness (QED) is 0.847. The number of amides is 1. The van der Waals surface area contributed by atoms with E-state index >= 15 is 0 Å². The fourth-order valence-electron chi connectivity index (χ4n) is 2.31. The zero-order valence-electron chi connectivity index (χ0n) is 12.8. The zero-order valence-corrected chi connectivity index (χ0v) is 14.4. The average Bonchev–Trinajstić information content (AvgIpc) is 2.54. The van der Waals surface area contributed by atoms with Gasteiger partial charge in [-0.25, -0.2) is 0 Å². The minimum Gasteiger partial charge on any atom is -0.349 e. The highest BCUT2D eigenvalue weighted by atomic mass is 79.9. The van der Waals surface area contributed by atoms with E-state index < -0.39 is 0 Å². The van der Waals surface area contributed by atoms with Crippen molar-refractivity contribution in [3.05, 3.63) is 70.2 Å². The lowest BCUT2D eigenvalue weighted by Crippen LogP contribution is -2.36. The first-order chi connectivity index (χ1) is 10.5. The largest absolute Gasteiger partial charge is 0.349 e. The van der Waals surface area contributed by atoms with E-state index in [4.69, 9.17) is 5.73 Å². The fourth-order valence-corrected chi connectivity index (χ4v) is 2.57. The maximum atomic E-state index is 12.4. The van der Waals surface area contributed by atoms with Crippen LogP contribution >= 0.6 is 15.9 Å². The lowest BCUT2D eigenvalue weighted by Gasteiger charge is -2.22. The summed E-state index contributed by atoms with van der Waals surface area (Å²) in [5, 5.41) is 3.03. The molecule has 0 spiro atoms. The van der Waals surface area contributed by atoms with Gasteiger partial charge in [-0.2, -0.15) is 0 Å². The van der Waals surface area contributed by atoms with Crippen LogP contribution in [0.2, 0.25) is 0 Å². The van der Waals surface area contributed by atoms with Crippen molar-refractivity contribution in [2.45, 2.75) is 25.9 Å². The molecule has 0 bridgehead atoms. The fraction of sp³-hybridized carbons (Fsp3) is 0.278. The molecule has 0 aromatic heterocycles. The highest BCUT2D eigenvalue weighted by Gasteiger charge is 2.23. The monoisotopic (exact) mass is 360 g/mol. The standard InChI is InChI=1S/C18H21BrN2O/c1-12(17(20)15-6-4-3-5-7-15)18(22)21-13(2)14-8-10-16(19)11-9-14/h3-13,17H,20H2,1-2H3,(H,21,22). The molecule has 1 amide bonds. The Bertz CT molecular complexity index is 613. The van der Waals surface area contributed by atoms with Crippen LogP contribution in [0.1, 0.15) is 37.1 Å². The number of nitrogens with two attached hydrogens (primary N) is 1. The first kappa shape index (κ1) is 16.7. The Morgan fingerprint density at radius 1 is 1.00 bits per heavy atom. The van der Waals surface area contributed by atoms with Crippen LogP contribution in [0.15, 0.2) is 59.1 Å². The van der Waals surface area contributed by atoms with Gasteiger partial charge >= 0.3 is 0 Å². The molecule has 0 fully saturated rings. The van der Waals surface area contributed by atoms with Gasteiger partial charge in [-0.05, 0) is 30.2 Å². The molecular weight excluding hydrogens is 340 g/mol. The molecule has 22 heavy (non-hydrogen) atoms. The Balaban J connectivity index is 2.00. The summed E-state index contributed by atoms with van der Waals surface area (Å²) in [6.45, 7) is 3.84. The molecule has 0 aliphatic rings. The number of carbonyl (C=O) groups excluding carboxylic acids is 1. The summed E-state index contributed by atoms with van der Waals surface area (Å²) in [5.41, 5.74) is 8.25. The van der Waals surface area contributed by atoms with Gasteiger partial charge in [0.05, 0.1) is 12.0 Å². The average molecular weight is 361 g/mol. The Morgan fingerprint density at radius 2 is 1.59 bits per heavy atom. The predicted molar refractivity (Wildman–Crippen MR) is 93.2 cm³/mol. The summed E-state index contributed by atoms with van der Waals surface area (Å²) in [5.74, 6) is -0.327. The van der Waals surface area contributed by atoms with E-state index in [9.17, 15) is 4.79 Å². The topological polar surface area (TPSA) is 55.1 Å². The van der Waals surface area contributed by atoms with E-state index in [2.05, 4.69) is 21.2 Å². The number of carbonyl (C=O) groups is 1. The number of hydrogen-bond donors (Lipinski definition) is 2. The van der Waals surface area contributed by atoms with Gasteiger partial charge in [-0.15, -0.1) is 0 Å². The summed E-state index contributed by atoms with van der Waals surface area (Å²) in [7, 11) is 0. The highest BCUT2D eigenvalue weighted by molar-refractivity contribution is 9.10. The van der Waals surface area contributed by atoms with Gasteiger partial charge < -0.3 is 11.1 Å². The smallest absolute Gasteiger partial charge is 0.225 e.